The average Bonchev–Trinajstić information content (AvgIpc) is 3.08. The van der Waals surface area contributed by atoms with Crippen molar-refractivity contribution < 1.29 is 9.21 Å². The van der Waals surface area contributed by atoms with Crippen molar-refractivity contribution in [2.75, 3.05) is 0 Å². The van der Waals surface area contributed by atoms with Gasteiger partial charge in [0.25, 0.3) is 5.56 Å². The summed E-state index contributed by atoms with van der Waals surface area (Å²) in [5.41, 5.74) is 0.405. The highest BCUT2D eigenvalue weighted by Gasteiger charge is 2.31. The van der Waals surface area contributed by atoms with Crippen molar-refractivity contribution in [3.63, 3.8) is 0 Å². The second kappa shape index (κ2) is 5.54. The molecule has 1 aliphatic rings. The number of fused-ring (bicyclic) bond motifs is 3. The van der Waals surface area contributed by atoms with E-state index in [1.54, 1.807) is 12.3 Å². The van der Waals surface area contributed by atoms with Gasteiger partial charge in [-0.25, -0.2) is 9.78 Å². The van der Waals surface area contributed by atoms with E-state index in [0.29, 0.717) is 35.0 Å². The fraction of sp³-hybridized carbons (Fsp3) is 0.333. The summed E-state index contributed by atoms with van der Waals surface area (Å²) >= 11 is 0. The first kappa shape index (κ1) is 15.6. The van der Waals surface area contributed by atoms with E-state index in [1.807, 2.05) is 19.9 Å². The van der Waals surface area contributed by atoms with Gasteiger partial charge in [0, 0.05) is 30.1 Å². The normalized spacial score (nSPS) is 17.2. The number of ketones is 1. The molecule has 3 heterocycles. The van der Waals surface area contributed by atoms with Gasteiger partial charge in [0.05, 0.1) is 11.6 Å². The quantitative estimate of drug-likeness (QED) is 0.771. The summed E-state index contributed by atoms with van der Waals surface area (Å²) in [6.45, 7) is 3.69. The third-order valence-corrected chi connectivity index (χ3v) is 4.71. The lowest BCUT2D eigenvalue weighted by Crippen LogP contribution is -2.33. The Hall–Kier alpha value is -2.96. The van der Waals surface area contributed by atoms with Gasteiger partial charge in [-0.05, 0) is 38.0 Å². The van der Waals surface area contributed by atoms with Crippen molar-refractivity contribution in [3.8, 4) is 0 Å². The van der Waals surface area contributed by atoms with Crippen LogP contribution in [0.15, 0.2) is 38.6 Å². The summed E-state index contributed by atoms with van der Waals surface area (Å²) < 4.78 is 6.89. The second-order valence-corrected chi connectivity index (χ2v) is 6.62. The molecule has 0 amide bonds. The average molecular weight is 339 g/mol. The number of hydrogen-bond acceptors (Lipinski definition) is 5. The van der Waals surface area contributed by atoms with E-state index in [1.165, 1.54) is 10.8 Å². The molecule has 0 aliphatic heterocycles. The SMILES string of the molecule is CC(C)n1c(=O)[nH]c(=O)c2c3c(cnc21)C(=O)C[C@@H](c1ccco1)C3. The number of carbonyl (C=O) groups is 1. The van der Waals surface area contributed by atoms with Crippen LogP contribution in [0.25, 0.3) is 11.0 Å². The van der Waals surface area contributed by atoms with E-state index in [0.717, 1.165) is 5.76 Å². The van der Waals surface area contributed by atoms with Crippen LogP contribution in [-0.4, -0.2) is 20.3 Å². The van der Waals surface area contributed by atoms with Crippen LogP contribution < -0.4 is 11.2 Å². The molecule has 128 valence electrons. The molecule has 0 saturated carbocycles. The number of aromatic nitrogens is 3. The zero-order valence-corrected chi connectivity index (χ0v) is 13.9. The molecular weight excluding hydrogens is 322 g/mol. The largest absolute Gasteiger partial charge is 0.469 e. The van der Waals surface area contributed by atoms with E-state index in [2.05, 4.69) is 9.97 Å². The maximum absolute atomic E-state index is 12.6. The number of aromatic amines is 1. The number of rotatable bonds is 2. The summed E-state index contributed by atoms with van der Waals surface area (Å²) in [7, 11) is 0. The summed E-state index contributed by atoms with van der Waals surface area (Å²) in [4.78, 5) is 43.9. The van der Waals surface area contributed by atoms with E-state index < -0.39 is 11.2 Å². The molecule has 7 heteroatoms. The van der Waals surface area contributed by atoms with Gasteiger partial charge in [-0.15, -0.1) is 0 Å². The predicted octanol–water partition coefficient (Wildman–Crippen LogP) is 2.17. The number of hydrogen-bond donors (Lipinski definition) is 1. The number of furan rings is 1. The van der Waals surface area contributed by atoms with Crippen LogP contribution in [0.3, 0.4) is 0 Å². The van der Waals surface area contributed by atoms with Crippen LogP contribution in [0.2, 0.25) is 0 Å². The lowest BCUT2D eigenvalue weighted by Gasteiger charge is -2.23. The van der Waals surface area contributed by atoms with E-state index in [-0.39, 0.29) is 17.7 Å². The predicted molar refractivity (Wildman–Crippen MR) is 91.1 cm³/mol. The van der Waals surface area contributed by atoms with E-state index in [9.17, 15) is 14.4 Å². The molecular formula is C18H17N3O4. The van der Waals surface area contributed by atoms with Gasteiger partial charge in [0.1, 0.15) is 11.4 Å². The Labute approximate surface area is 142 Å². The molecule has 0 spiro atoms. The summed E-state index contributed by atoms with van der Waals surface area (Å²) in [5.74, 6) is 0.524. The minimum Gasteiger partial charge on any atom is -0.469 e. The number of pyridine rings is 1. The summed E-state index contributed by atoms with van der Waals surface area (Å²) in [6, 6.07) is 3.45. The van der Waals surface area contributed by atoms with Gasteiger partial charge >= 0.3 is 5.69 Å². The Bertz CT molecular complexity index is 1090. The highest BCUT2D eigenvalue weighted by Crippen LogP contribution is 2.34. The molecule has 1 aliphatic carbocycles. The molecule has 0 aromatic carbocycles. The molecule has 0 fully saturated rings. The Morgan fingerprint density at radius 2 is 2.08 bits per heavy atom. The third kappa shape index (κ3) is 2.34. The molecule has 0 radical (unpaired) electrons. The van der Waals surface area contributed by atoms with Crippen molar-refractivity contribution in [1.82, 2.24) is 14.5 Å². The zero-order chi connectivity index (χ0) is 17.7. The maximum atomic E-state index is 12.6. The summed E-state index contributed by atoms with van der Waals surface area (Å²) in [6.07, 6.45) is 3.86. The zero-order valence-electron chi connectivity index (χ0n) is 13.9. The topological polar surface area (TPSA) is 98.0 Å². The highest BCUT2D eigenvalue weighted by atomic mass is 16.3. The smallest absolute Gasteiger partial charge is 0.330 e. The van der Waals surface area contributed by atoms with Crippen LogP contribution in [0.4, 0.5) is 0 Å². The maximum Gasteiger partial charge on any atom is 0.330 e. The lowest BCUT2D eigenvalue weighted by atomic mass is 9.81. The van der Waals surface area contributed by atoms with Crippen molar-refractivity contribution >= 4 is 16.8 Å². The number of H-pyrrole nitrogens is 1. The number of nitrogens with zero attached hydrogens (tertiary/aromatic N) is 2. The molecule has 3 aromatic heterocycles. The third-order valence-electron chi connectivity index (χ3n) is 4.71. The minimum absolute atomic E-state index is 0.0706. The molecule has 0 saturated heterocycles. The number of nitrogens with one attached hydrogen (secondary N) is 1. The Morgan fingerprint density at radius 1 is 1.28 bits per heavy atom. The number of Topliss-reactive ketones (excluding diaryl/α,β-unsaturated/α-hetero) is 1. The van der Waals surface area contributed by atoms with Crippen LogP contribution >= 0.6 is 0 Å². The molecule has 0 bridgehead atoms. The van der Waals surface area contributed by atoms with Crippen LogP contribution in [0.1, 0.15) is 53.9 Å². The molecule has 25 heavy (non-hydrogen) atoms. The molecule has 7 nitrogen and oxygen atoms in total. The molecule has 1 atom stereocenters. The fourth-order valence-corrected chi connectivity index (χ4v) is 3.58. The van der Waals surface area contributed by atoms with Gasteiger partial charge < -0.3 is 4.42 Å². The monoisotopic (exact) mass is 339 g/mol. The van der Waals surface area contributed by atoms with Crippen molar-refractivity contribution in [2.45, 2.75) is 38.6 Å². The molecule has 4 rings (SSSR count). The molecule has 3 aromatic rings. The fourth-order valence-electron chi connectivity index (χ4n) is 3.58. The Morgan fingerprint density at radius 3 is 2.76 bits per heavy atom. The minimum atomic E-state index is -0.505. The van der Waals surface area contributed by atoms with Crippen molar-refractivity contribution in [1.29, 1.82) is 0 Å². The molecule has 1 N–H and O–H groups in total. The molecule has 0 unspecified atom stereocenters. The van der Waals surface area contributed by atoms with Crippen LogP contribution in [0.5, 0.6) is 0 Å². The first-order chi connectivity index (χ1) is 12.0. The highest BCUT2D eigenvalue weighted by molar-refractivity contribution is 6.02. The Balaban J connectivity index is 2.01. The van der Waals surface area contributed by atoms with Crippen LogP contribution in [0, 0.1) is 0 Å². The van der Waals surface area contributed by atoms with Gasteiger partial charge in [0.15, 0.2) is 5.78 Å². The van der Waals surface area contributed by atoms with Gasteiger partial charge in [-0.2, -0.15) is 0 Å². The standard InChI is InChI=1S/C18H17N3O4/c1-9(2)21-16-15(17(23)20-18(21)24)11-6-10(14-4-3-5-25-14)7-13(22)12(11)8-19-16/h3-5,8-10H,6-7H2,1-2H3,(H,20,23,24)/t10-/m0/s1. The van der Waals surface area contributed by atoms with Gasteiger partial charge in [0.2, 0.25) is 0 Å². The second-order valence-electron chi connectivity index (χ2n) is 6.62. The van der Waals surface area contributed by atoms with Crippen molar-refractivity contribution in [3.05, 3.63) is 62.3 Å². The van der Waals surface area contributed by atoms with Gasteiger partial charge in [-0.3, -0.25) is 19.1 Å². The van der Waals surface area contributed by atoms with Crippen molar-refractivity contribution in [2.24, 2.45) is 0 Å². The Kier molecular flexibility index (Phi) is 3.45. The first-order valence-corrected chi connectivity index (χ1v) is 8.20. The van der Waals surface area contributed by atoms with Crippen LogP contribution in [-0.2, 0) is 6.42 Å². The number of carbonyl (C=O) groups excluding carboxylic acids is 1. The lowest BCUT2D eigenvalue weighted by molar-refractivity contribution is 0.0960. The van der Waals surface area contributed by atoms with E-state index >= 15 is 0 Å². The van der Waals surface area contributed by atoms with E-state index in [4.69, 9.17) is 4.42 Å². The first-order valence-electron chi connectivity index (χ1n) is 8.20. The summed E-state index contributed by atoms with van der Waals surface area (Å²) in [5, 5.41) is 0.315. The van der Waals surface area contributed by atoms with Gasteiger partial charge in [-0.1, -0.05) is 0 Å².